The molecule has 1 unspecified atom stereocenters. The molecule has 3 nitrogen and oxygen atoms in total. The van der Waals surface area contributed by atoms with Crippen LogP contribution in [0.25, 0.3) is 54.6 Å². The van der Waals surface area contributed by atoms with Crippen LogP contribution in [-0.2, 0) is 5.41 Å². The van der Waals surface area contributed by atoms with E-state index in [0.717, 1.165) is 61.6 Å². The highest BCUT2D eigenvalue weighted by molar-refractivity contribution is 6.71. The summed E-state index contributed by atoms with van der Waals surface area (Å²) in [5.41, 5.74) is 24.1. The summed E-state index contributed by atoms with van der Waals surface area (Å²) in [5.74, 6) is 0. The van der Waals surface area contributed by atoms with E-state index < -0.39 is 5.41 Å². The van der Waals surface area contributed by atoms with Crippen LogP contribution in [0.5, 0.6) is 0 Å². The van der Waals surface area contributed by atoms with Gasteiger partial charge in [-0.1, -0.05) is 155 Å². The number of benzene rings is 11. The van der Waals surface area contributed by atoms with Crippen molar-refractivity contribution < 1.29 is 4.42 Å². The number of rotatable bonds is 8. The molecule has 10 heteroatoms. The molecule has 0 saturated heterocycles. The molecule has 11 aromatic carbocycles. The minimum atomic E-state index is -0.834. The highest BCUT2D eigenvalue weighted by atomic mass is 16.3. The summed E-state index contributed by atoms with van der Waals surface area (Å²) in [6, 6.07) is 77.8. The Labute approximate surface area is 433 Å². The first-order valence-electron chi connectivity index (χ1n) is 25.6. The first-order valence-corrected chi connectivity index (χ1v) is 25.6. The molecule has 0 amide bonds. The van der Waals surface area contributed by atoms with Gasteiger partial charge in [-0.2, -0.15) is 0 Å². The molecule has 0 N–H and O–H groups in total. The van der Waals surface area contributed by atoms with Gasteiger partial charge in [0.05, 0.1) is 5.41 Å². The Morgan fingerprint density at radius 1 is 0.315 bits per heavy atom. The second kappa shape index (κ2) is 17.2. The summed E-state index contributed by atoms with van der Waals surface area (Å²) in [6.07, 6.45) is 0. The zero-order valence-corrected chi connectivity index (χ0v) is 42.5. The summed E-state index contributed by atoms with van der Waals surface area (Å²) in [5, 5.41) is 7.33. The van der Waals surface area contributed by atoms with Crippen LogP contribution in [0.15, 0.2) is 217 Å². The van der Waals surface area contributed by atoms with Crippen LogP contribution in [0, 0.1) is 0 Å². The van der Waals surface area contributed by atoms with Crippen molar-refractivity contribution in [3.05, 3.63) is 235 Å². The van der Waals surface area contributed by atoms with E-state index in [4.69, 9.17) is 4.42 Å². The Hall–Kier alpha value is -8.21. The fraction of sp³-hybridized carbons (Fsp3) is 0.0159. The number of para-hydroxylation sites is 5. The minimum absolute atomic E-state index is 0.834. The molecule has 1 heterocycles. The van der Waals surface area contributed by atoms with Gasteiger partial charge in [-0.25, -0.2) is 0 Å². The van der Waals surface area contributed by atoms with Crippen LogP contribution < -0.4 is 48.0 Å². The number of hydrogen-bond donors (Lipinski definition) is 0. The van der Waals surface area contributed by atoms with E-state index in [1.807, 2.05) is 0 Å². The normalized spacial score (nSPS) is 13.9. The van der Waals surface area contributed by atoms with Crippen molar-refractivity contribution in [3.8, 4) is 11.1 Å². The monoisotopic (exact) mass is 926 g/mol. The Morgan fingerprint density at radius 2 is 0.767 bits per heavy atom. The van der Waals surface area contributed by atoms with Crippen molar-refractivity contribution in [1.82, 2.24) is 0 Å². The summed E-state index contributed by atoms with van der Waals surface area (Å²) < 4.78 is 7.25. The number of nitrogens with zero attached hydrogens (tertiary/aromatic N) is 2. The van der Waals surface area contributed by atoms with E-state index >= 15 is 0 Å². The van der Waals surface area contributed by atoms with Crippen LogP contribution in [0.3, 0.4) is 0 Å². The van der Waals surface area contributed by atoms with E-state index in [0.29, 0.717) is 0 Å². The lowest BCUT2D eigenvalue weighted by molar-refractivity contribution is 0.650. The molecule has 1 aromatic heterocycles. The smallest absolute Gasteiger partial charge is 0.140 e. The second-order valence-electron chi connectivity index (χ2n) is 20.2. The first kappa shape index (κ1) is 44.7. The van der Waals surface area contributed by atoms with E-state index in [9.17, 15) is 0 Å². The summed E-state index contributed by atoms with van der Waals surface area (Å²) >= 11 is 0. The van der Waals surface area contributed by atoms with Gasteiger partial charge >= 0.3 is 0 Å². The molecular weight excluding hydrogens is 876 g/mol. The Morgan fingerprint density at radius 3 is 1.36 bits per heavy atom. The molecule has 1 aliphatic rings. The van der Waals surface area contributed by atoms with Crippen LogP contribution in [0.4, 0.5) is 34.1 Å². The third-order valence-electron chi connectivity index (χ3n) is 16.7. The lowest BCUT2D eigenvalue weighted by atomic mass is 9.54. The molecule has 0 fully saturated rings. The van der Waals surface area contributed by atoms with Crippen molar-refractivity contribution in [2.75, 3.05) is 9.80 Å². The first-order chi connectivity index (χ1) is 35.6. The van der Waals surface area contributed by atoms with Gasteiger partial charge in [-0.15, -0.1) is 16.4 Å². The zero-order valence-electron chi connectivity index (χ0n) is 42.5. The van der Waals surface area contributed by atoms with Crippen LogP contribution in [0.2, 0.25) is 0 Å². The fourth-order valence-corrected chi connectivity index (χ4v) is 12.7. The zero-order chi connectivity index (χ0) is 49.7. The highest BCUT2D eigenvalue weighted by Gasteiger charge is 2.50. The van der Waals surface area contributed by atoms with Gasteiger partial charge in [-0.3, -0.25) is 0 Å². The maximum Gasteiger partial charge on any atom is 0.140 e. The topological polar surface area (TPSA) is 19.6 Å². The van der Waals surface area contributed by atoms with Crippen LogP contribution in [-0.4, -0.2) is 54.9 Å². The largest absolute Gasteiger partial charge is 0.456 e. The number of hydrogen-bond acceptors (Lipinski definition) is 3. The van der Waals surface area contributed by atoms with Crippen molar-refractivity contribution >= 4 is 171 Å². The van der Waals surface area contributed by atoms with Gasteiger partial charge in [0.15, 0.2) is 0 Å². The SMILES string of the molecule is Bc1c(B)c(B)c2c(C3(c4cccc5c4oc4ccccc45)c4ccc(N(c5ccccc5)c5ccccc5)cc4-c4cc(N(c5ccccc5)c5ccc6ccccc6c5)ccc43)c(B)c(B)c(B)c2c1B. The quantitative estimate of drug-likeness (QED) is 0.200. The molecule has 13 rings (SSSR count). The van der Waals surface area contributed by atoms with E-state index in [2.05, 4.69) is 277 Å². The fourth-order valence-electron chi connectivity index (χ4n) is 12.7. The molecule has 0 radical (unpaired) electrons. The van der Waals surface area contributed by atoms with Crippen LogP contribution >= 0.6 is 0 Å². The average Bonchev–Trinajstić information content (AvgIpc) is 3.95. The molecule has 0 aliphatic heterocycles. The number of anilines is 6. The Bertz CT molecular complexity index is 4150. The molecule has 1 aliphatic carbocycles. The highest BCUT2D eigenvalue weighted by Crippen LogP contribution is 2.60. The molecule has 338 valence electrons. The number of furan rings is 1. The average molecular weight is 926 g/mol. The van der Waals surface area contributed by atoms with E-state index in [-0.39, 0.29) is 0 Å². The van der Waals surface area contributed by atoms with Gasteiger partial charge in [0, 0.05) is 50.5 Å². The van der Waals surface area contributed by atoms with Gasteiger partial charge < -0.3 is 14.2 Å². The van der Waals surface area contributed by atoms with Crippen molar-refractivity contribution in [1.29, 1.82) is 0 Å². The minimum Gasteiger partial charge on any atom is -0.456 e. The van der Waals surface area contributed by atoms with Crippen LogP contribution in [0.1, 0.15) is 22.3 Å². The molecular formula is C63H49B7N2O. The molecule has 1 atom stereocenters. The van der Waals surface area contributed by atoms with Crippen molar-refractivity contribution in [2.24, 2.45) is 0 Å². The van der Waals surface area contributed by atoms with Gasteiger partial charge in [0.25, 0.3) is 0 Å². The maximum atomic E-state index is 7.25. The standard InChI is InChI=1S/C63H49B7N2O/c64-55-52-53(57(66)61(70)60(55)69)56(65)59(68)58(67)54(52)63(50-25-14-24-45-44-23-12-13-26-51(44)73-62(45)50)48-31-29-42(71(38-17-4-1-5-18-38)39-19-6-2-7-20-39)34-46(48)47-35-43(30-32-49(47)63)72(40-21-8-3-9-22-40)41-28-27-36-15-10-11-16-37(36)33-41/h1-35H,64-70H2. The van der Waals surface area contributed by atoms with E-state index in [1.54, 1.807) is 0 Å². The molecule has 0 spiro atoms. The third-order valence-corrected chi connectivity index (χ3v) is 16.7. The van der Waals surface area contributed by atoms with Crippen molar-refractivity contribution in [2.45, 2.75) is 5.41 Å². The van der Waals surface area contributed by atoms with Crippen molar-refractivity contribution in [3.63, 3.8) is 0 Å². The second-order valence-corrected chi connectivity index (χ2v) is 20.2. The molecule has 73 heavy (non-hydrogen) atoms. The molecule has 0 saturated carbocycles. The van der Waals surface area contributed by atoms with Gasteiger partial charge in [0.2, 0.25) is 0 Å². The number of fused-ring (bicyclic) bond motifs is 8. The summed E-state index contributed by atoms with van der Waals surface area (Å²) in [7, 11) is 16.4. The molecule has 0 bridgehead atoms. The summed E-state index contributed by atoms with van der Waals surface area (Å²) in [6.45, 7) is 0. The Kier molecular flexibility index (Phi) is 10.6. The van der Waals surface area contributed by atoms with Gasteiger partial charge in [-0.05, 0) is 128 Å². The summed E-state index contributed by atoms with van der Waals surface area (Å²) in [4.78, 5) is 4.82. The lowest BCUT2D eigenvalue weighted by Gasteiger charge is -2.39. The predicted octanol–water partition coefficient (Wildman–Crippen LogP) is 5.00. The lowest BCUT2D eigenvalue weighted by Crippen LogP contribution is -2.54. The van der Waals surface area contributed by atoms with Gasteiger partial charge in [0.1, 0.15) is 66.1 Å². The van der Waals surface area contributed by atoms with E-state index in [1.165, 1.54) is 87.6 Å². The maximum absolute atomic E-state index is 7.25. The molecule has 12 aromatic rings. The third kappa shape index (κ3) is 6.69. The predicted molar refractivity (Wildman–Crippen MR) is 333 cm³/mol. The Balaban J connectivity index is 1.21.